The van der Waals surface area contributed by atoms with Gasteiger partial charge in [0.1, 0.15) is 5.78 Å². The smallest absolute Gasteiger partial charge is 0.143 e. The standard InChI is InChI=1S/C16H22ClNO/c1-2-6-16(7-9-18-10-8-16)15(19)12-13-4-3-5-14(17)11-13/h3-5,11,18H,2,6-10,12H2,1H3. The summed E-state index contributed by atoms with van der Waals surface area (Å²) in [5.74, 6) is 0.387. The quantitative estimate of drug-likeness (QED) is 0.892. The van der Waals surface area contributed by atoms with Gasteiger partial charge in [-0.3, -0.25) is 4.79 Å². The van der Waals surface area contributed by atoms with Crippen LogP contribution in [0.4, 0.5) is 0 Å². The molecule has 104 valence electrons. The van der Waals surface area contributed by atoms with E-state index in [0.717, 1.165) is 44.3 Å². The van der Waals surface area contributed by atoms with E-state index in [4.69, 9.17) is 11.6 Å². The van der Waals surface area contributed by atoms with Crippen molar-refractivity contribution in [2.24, 2.45) is 5.41 Å². The highest BCUT2D eigenvalue weighted by molar-refractivity contribution is 6.30. The van der Waals surface area contributed by atoms with Gasteiger partial charge >= 0.3 is 0 Å². The Morgan fingerprint density at radius 3 is 2.74 bits per heavy atom. The van der Waals surface area contributed by atoms with Crippen LogP contribution in [0.2, 0.25) is 5.02 Å². The summed E-state index contributed by atoms with van der Waals surface area (Å²) < 4.78 is 0. The van der Waals surface area contributed by atoms with E-state index in [-0.39, 0.29) is 5.41 Å². The third-order valence-electron chi connectivity index (χ3n) is 4.13. The third kappa shape index (κ3) is 3.58. The maximum Gasteiger partial charge on any atom is 0.143 e. The Labute approximate surface area is 120 Å². The van der Waals surface area contributed by atoms with Crippen LogP contribution >= 0.6 is 11.6 Å². The van der Waals surface area contributed by atoms with Gasteiger partial charge in [-0.1, -0.05) is 37.1 Å². The van der Waals surface area contributed by atoms with Crippen LogP contribution < -0.4 is 5.32 Å². The summed E-state index contributed by atoms with van der Waals surface area (Å²) in [6.45, 7) is 4.08. The average molecular weight is 280 g/mol. The first-order valence-corrected chi connectivity index (χ1v) is 7.52. The number of rotatable bonds is 5. The molecule has 1 aliphatic rings. The molecule has 1 N–H and O–H groups in total. The molecule has 2 rings (SSSR count). The van der Waals surface area contributed by atoms with Crippen molar-refractivity contribution in [1.82, 2.24) is 5.32 Å². The minimum Gasteiger partial charge on any atom is -0.317 e. The molecular formula is C16H22ClNO. The van der Waals surface area contributed by atoms with E-state index in [1.165, 1.54) is 0 Å². The van der Waals surface area contributed by atoms with Crippen molar-refractivity contribution in [3.63, 3.8) is 0 Å². The van der Waals surface area contributed by atoms with Gasteiger partial charge in [0.25, 0.3) is 0 Å². The predicted octanol–water partition coefficient (Wildman–Crippen LogP) is 3.62. The Morgan fingerprint density at radius 1 is 1.37 bits per heavy atom. The Hall–Kier alpha value is -0.860. The van der Waals surface area contributed by atoms with Crippen molar-refractivity contribution >= 4 is 17.4 Å². The number of nitrogens with one attached hydrogen (secondary N) is 1. The highest BCUT2D eigenvalue weighted by Crippen LogP contribution is 2.36. The second kappa shape index (κ2) is 6.53. The predicted molar refractivity (Wildman–Crippen MR) is 79.6 cm³/mol. The zero-order chi connectivity index (χ0) is 13.7. The molecule has 0 atom stereocenters. The maximum absolute atomic E-state index is 12.7. The number of carbonyl (C=O) groups excluding carboxylic acids is 1. The first-order valence-electron chi connectivity index (χ1n) is 7.15. The van der Waals surface area contributed by atoms with Crippen LogP contribution in [0.15, 0.2) is 24.3 Å². The lowest BCUT2D eigenvalue weighted by atomic mass is 9.70. The van der Waals surface area contributed by atoms with E-state index in [1.807, 2.05) is 24.3 Å². The number of hydrogen-bond donors (Lipinski definition) is 1. The van der Waals surface area contributed by atoms with Crippen LogP contribution in [0.5, 0.6) is 0 Å². The molecule has 1 aromatic carbocycles. The van der Waals surface area contributed by atoms with Crippen LogP contribution in [0.3, 0.4) is 0 Å². The van der Waals surface area contributed by atoms with Crippen molar-refractivity contribution in [3.05, 3.63) is 34.9 Å². The minimum atomic E-state index is -0.109. The van der Waals surface area contributed by atoms with E-state index >= 15 is 0 Å². The molecule has 1 heterocycles. The summed E-state index contributed by atoms with van der Waals surface area (Å²) >= 11 is 5.99. The fraction of sp³-hybridized carbons (Fsp3) is 0.562. The molecule has 3 heteroatoms. The van der Waals surface area contributed by atoms with E-state index in [2.05, 4.69) is 12.2 Å². The SMILES string of the molecule is CCCC1(C(=O)Cc2cccc(Cl)c2)CCNCC1. The summed E-state index contributed by atoms with van der Waals surface area (Å²) in [5.41, 5.74) is 0.925. The van der Waals surface area contributed by atoms with Crippen LogP contribution in [-0.4, -0.2) is 18.9 Å². The maximum atomic E-state index is 12.7. The van der Waals surface area contributed by atoms with Crippen molar-refractivity contribution in [2.45, 2.75) is 39.0 Å². The van der Waals surface area contributed by atoms with E-state index in [0.29, 0.717) is 17.2 Å². The van der Waals surface area contributed by atoms with E-state index < -0.39 is 0 Å². The Balaban J connectivity index is 2.11. The molecular weight excluding hydrogens is 258 g/mol. The molecule has 0 radical (unpaired) electrons. The van der Waals surface area contributed by atoms with Gasteiger partial charge < -0.3 is 5.32 Å². The second-order valence-corrected chi connectivity index (χ2v) is 5.95. The van der Waals surface area contributed by atoms with Crippen molar-refractivity contribution in [2.75, 3.05) is 13.1 Å². The van der Waals surface area contributed by atoms with Crippen LogP contribution in [0.25, 0.3) is 0 Å². The highest BCUT2D eigenvalue weighted by Gasteiger charge is 2.37. The van der Waals surface area contributed by atoms with Gasteiger partial charge in [-0.15, -0.1) is 0 Å². The largest absolute Gasteiger partial charge is 0.317 e. The zero-order valence-electron chi connectivity index (χ0n) is 11.5. The summed E-state index contributed by atoms with van der Waals surface area (Å²) in [7, 11) is 0. The van der Waals surface area contributed by atoms with Crippen molar-refractivity contribution < 1.29 is 4.79 Å². The zero-order valence-corrected chi connectivity index (χ0v) is 12.3. The second-order valence-electron chi connectivity index (χ2n) is 5.51. The van der Waals surface area contributed by atoms with Gasteiger partial charge in [0, 0.05) is 16.9 Å². The summed E-state index contributed by atoms with van der Waals surface area (Å²) in [6.07, 6.45) is 4.54. The van der Waals surface area contributed by atoms with Gasteiger partial charge in [0.05, 0.1) is 0 Å². The van der Waals surface area contributed by atoms with Crippen molar-refractivity contribution in [1.29, 1.82) is 0 Å². The Bertz CT molecular complexity index is 433. The average Bonchev–Trinajstić information content (AvgIpc) is 2.40. The lowest BCUT2D eigenvalue weighted by molar-refractivity contribution is -0.130. The van der Waals surface area contributed by atoms with Gasteiger partial charge in [-0.25, -0.2) is 0 Å². The number of benzene rings is 1. The number of carbonyl (C=O) groups is 1. The summed E-state index contributed by atoms with van der Waals surface area (Å²) in [5, 5.41) is 4.06. The number of Topliss-reactive ketones (excluding diaryl/α,β-unsaturated/α-hetero) is 1. The van der Waals surface area contributed by atoms with Crippen LogP contribution in [0.1, 0.15) is 38.2 Å². The number of hydrogen-bond acceptors (Lipinski definition) is 2. The van der Waals surface area contributed by atoms with E-state index in [9.17, 15) is 4.79 Å². The monoisotopic (exact) mass is 279 g/mol. The topological polar surface area (TPSA) is 29.1 Å². The molecule has 0 unspecified atom stereocenters. The molecule has 0 aromatic heterocycles. The lowest BCUT2D eigenvalue weighted by Gasteiger charge is -2.36. The summed E-state index contributed by atoms with van der Waals surface area (Å²) in [6, 6.07) is 7.66. The van der Waals surface area contributed by atoms with Gasteiger partial charge in [0.2, 0.25) is 0 Å². The Kier molecular flexibility index (Phi) is 5.00. The number of halogens is 1. The molecule has 0 spiro atoms. The first kappa shape index (κ1) is 14.5. The Morgan fingerprint density at radius 2 is 2.11 bits per heavy atom. The molecule has 2 nitrogen and oxygen atoms in total. The minimum absolute atomic E-state index is 0.109. The third-order valence-corrected chi connectivity index (χ3v) is 4.37. The molecule has 0 saturated carbocycles. The molecule has 0 aliphatic carbocycles. The molecule has 1 saturated heterocycles. The normalized spacial score (nSPS) is 18.2. The van der Waals surface area contributed by atoms with Crippen LogP contribution in [-0.2, 0) is 11.2 Å². The molecule has 0 amide bonds. The first-order chi connectivity index (χ1) is 9.16. The summed E-state index contributed by atoms with van der Waals surface area (Å²) in [4.78, 5) is 12.7. The molecule has 1 aliphatic heterocycles. The highest BCUT2D eigenvalue weighted by atomic mass is 35.5. The number of piperidine rings is 1. The fourth-order valence-electron chi connectivity index (χ4n) is 3.07. The van der Waals surface area contributed by atoms with Crippen LogP contribution in [0, 0.1) is 5.41 Å². The fourth-order valence-corrected chi connectivity index (χ4v) is 3.28. The lowest BCUT2D eigenvalue weighted by Crippen LogP contribution is -2.42. The van der Waals surface area contributed by atoms with Crippen molar-refractivity contribution in [3.8, 4) is 0 Å². The molecule has 19 heavy (non-hydrogen) atoms. The molecule has 1 aromatic rings. The number of ketones is 1. The van der Waals surface area contributed by atoms with E-state index in [1.54, 1.807) is 0 Å². The molecule has 1 fully saturated rings. The van der Waals surface area contributed by atoms with Gasteiger partial charge in [0.15, 0.2) is 0 Å². The van der Waals surface area contributed by atoms with Gasteiger partial charge in [-0.05, 0) is 50.0 Å². The van der Waals surface area contributed by atoms with Gasteiger partial charge in [-0.2, -0.15) is 0 Å². The molecule has 0 bridgehead atoms.